The highest BCUT2D eigenvalue weighted by Gasteiger charge is 2.39. The summed E-state index contributed by atoms with van der Waals surface area (Å²) in [4.78, 5) is 12.9. The second-order valence-electron chi connectivity index (χ2n) is 6.58. The third-order valence-corrected chi connectivity index (χ3v) is 6.98. The van der Waals surface area contributed by atoms with Crippen molar-refractivity contribution in [2.24, 2.45) is 11.8 Å². The molecule has 3 N–H and O–H groups in total. The van der Waals surface area contributed by atoms with Crippen LogP contribution in [0.3, 0.4) is 0 Å². The third kappa shape index (κ3) is 2.98. The zero-order valence-corrected chi connectivity index (χ0v) is 15.4. The number of nitrogens with one attached hydrogen (secondary N) is 3. The number of benzene rings is 1. The van der Waals surface area contributed by atoms with Gasteiger partial charge in [-0.25, -0.2) is 0 Å². The maximum atomic E-state index is 12.4. The van der Waals surface area contributed by atoms with Crippen molar-refractivity contribution in [2.45, 2.75) is 31.7 Å². The number of halogens is 1. The average Bonchev–Trinajstić information content (AvgIpc) is 3.28. The summed E-state index contributed by atoms with van der Waals surface area (Å²) in [7, 11) is 0. The fourth-order valence-corrected chi connectivity index (χ4v) is 5.57. The van der Waals surface area contributed by atoms with Crippen LogP contribution in [-0.4, -0.2) is 17.1 Å². The Hall–Kier alpha value is -1.37. The van der Waals surface area contributed by atoms with Crippen molar-refractivity contribution in [1.29, 1.82) is 0 Å². The van der Waals surface area contributed by atoms with Crippen LogP contribution in [0, 0.1) is 11.8 Å². The minimum Gasteiger partial charge on any atom is -0.358 e. The summed E-state index contributed by atoms with van der Waals surface area (Å²) < 4.78 is 0.996. The third-order valence-electron chi connectivity index (χ3n) is 5.09. The van der Waals surface area contributed by atoms with Crippen molar-refractivity contribution in [3.63, 3.8) is 0 Å². The van der Waals surface area contributed by atoms with Crippen LogP contribution in [0.5, 0.6) is 0 Å². The smallest absolute Gasteiger partial charge is 0.281 e. The molecule has 2 aliphatic carbocycles. The molecule has 0 spiro atoms. The molecule has 1 aromatic heterocycles. The van der Waals surface area contributed by atoms with Gasteiger partial charge in [-0.15, -0.1) is 11.3 Å². The first-order valence-electron chi connectivity index (χ1n) is 8.15. The fraction of sp³-hybridized carbons (Fsp3) is 0.412. The molecule has 0 saturated heterocycles. The van der Waals surface area contributed by atoms with Crippen LogP contribution in [-0.2, 0) is 0 Å². The molecule has 2 aliphatic rings. The minimum atomic E-state index is -0.265. The number of thiophene rings is 1. The van der Waals surface area contributed by atoms with E-state index in [9.17, 15) is 4.79 Å². The van der Waals surface area contributed by atoms with Gasteiger partial charge in [-0.1, -0.05) is 36.2 Å². The quantitative estimate of drug-likeness (QED) is 0.548. The van der Waals surface area contributed by atoms with E-state index >= 15 is 0 Å². The van der Waals surface area contributed by atoms with Crippen molar-refractivity contribution in [3.8, 4) is 0 Å². The Balaban J connectivity index is 1.35. The Bertz CT molecular complexity index is 806. The fourth-order valence-electron chi connectivity index (χ4n) is 3.96. The van der Waals surface area contributed by atoms with E-state index in [-0.39, 0.29) is 5.91 Å². The highest BCUT2D eigenvalue weighted by molar-refractivity contribution is 7.80. The molecule has 3 atom stereocenters. The van der Waals surface area contributed by atoms with Crippen molar-refractivity contribution in [2.75, 3.05) is 0 Å². The summed E-state index contributed by atoms with van der Waals surface area (Å²) in [6.45, 7) is 0. The van der Waals surface area contributed by atoms with Gasteiger partial charge in [0, 0.05) is 16.1 Å². The Morgan fingerprint density at radius 3 is 2.75 bits per heavy atom. The second kappa shape index (κ2) is 6.50. The molecule has 126 valence electrons. The van der Waals surface area contributed by atoms with Gasteiger partial charge in [0.2, 0.25) is 0 Å². The largest absolute Gasteiger partial charge is 0.358 e. The summed E-state index contributed by atoms with van der Waals surface area (Å²) in [5, 5.41) is 5.19. The van der Waals surface area contributed by atoms with Gasteiger partial charge in [0.1, 0.15) is 4.88 Å². The van der Waals surface area contributed by atoms with E-state index in [0.29, 0.717) is 21.1 Å². The summed E-state index contributed by atoms with van der Waals surface area (Å²) in [5.41, 5.74) is 5.46. The molecule has 24 heavy (non-hydrogen) atoms. The molecule has 0 radical (unpaired) electrons. The van der Waals surface area contributed by atoms with Gasteiger partial charge in [0.05, 0.1) is 5.02 Å². The Labute approximate surface area is 154 Å². The van der Waals surface area contributed by atoms with Gasteiger partial charge in [-0.2, -0.15) is 0 Å². The maximum absolute atomic E-state index is 12.4. The highest BCUT2D eigenvalue weighted by atomic mass is 35.5. The number of hydrogen-bond donors (Lipinski definition) is 3. The first-order valence-corrected chi connectivity index (χ1v) is 9.76. The van der Waals surface area contributed by atoms with E-state index in [1.807, 2.05) is 24.3 Å². The number of hydrazine groups is 1. The normalized spacial score (nSPS) is 25.0. The van der Waals surface area contributed by atoms with E-state index < -0.39 is 0 Å². The first kappa shape index (κ1) is 16.1. The van der Waals surface area contributed by atoms with Crippen molar-refractivity contribution >= 4 is 56.3 Å². The zero-order chi connectivity index (χ0) is 16.7. The summed E-state index contributed by atoms with van der Waals surface area (Å²) in [6.07, 6.45) is 5.13. The molecule has 0 unspecified atom stereocenters. The Kier molecular flexibility index (Phi) is 4.37. The van der Waals surface area contributed by atoms with Crippen molar-refractivity contribution in [3.05, 3.63) is 34.2 Å². The number of rotatable bonds is 2. The Morgan fingerprint density at radius 1 is 1.21 bits per heavy atom. The lowest BCUT2D eigenvalue weighted by atomic mass is 9.96. The minimum absolute atomic E-state index is 0.265. The average molecular weight is 380 g/mol. The molecule has 1 aromatic carbocycles. The standard InChI is InChI=1S/C17H18ClN3OS2/c18-14-11-3-1-2-4-13(11)24-15(14)16(22)20-21-17(23)19-12-8-9-5-6-10(12)7-9/h1-4,9-10,12H,5-8H2,(H,20,22)(H2,19,21,23)/t9-,10-,12-/m1/s1. The maximum Gasteiger partial charge on any atom is 0.281 e. The van der Waals surface area contributed by atoms with Crippen molar-refractivity contribution in [1.82, 2.24) is 16.2 Å². The number of carbonyl (C=O) groups excluding carboxylic acids is 1. The zero-order valence-electron chi connectivity index (χ0n) is 13.0. The van der Waals surface area contributed by atoms with Gasteiger partial charge in [0.25, 0.3) is 5.91 Å². The summed E-state index contributed by atoms with van der Waals surface area (Å²) >= 11 is 13.0. The summed E-state index contributed by atoms with van der Waals surface area (Å²) in [6, 6.07) is 8.16. The molecular formula is C17H18ClN3OS2. The number of carbonyl (C=O) groups is 1. The van der Waals surface area contributed by atoms with E-state index in [2.05, 4.69) is 16.2 Å². The van der Waals surface area contributed by atoms with E-state index in [0.717, 1.165) is 21.9 Å². The van der Waals surface area contributed by atoms with Gasteiger partial charge in [0.15, 0.2) is 5.11 Å². The van der Waals surface area contributed by atoms with Crippen LogP contribution in [0.2, 0.25) is 5.02 Å². The molecule has 7 heteroatoms. The highest BCUT2D eigenvalue weighted by Crippen LogP contribution is 2.44. The molecule has 0 aliphatic heterocycles. The number of hydrogen-bond acceptors (Lipinski definition) is 3. The molecule has 2 saturated carbocycles. The molecule has 4 nitrogen and oxygen atoms in total. The van der Waals surface area contributed by atoms with Crippen LogP contribution in [0.25, 0.3) is 10.1 Å². The first-order chi connectivity index (χ1) is 11.6. The van der Waals surface area contributed by atoms with Gasteiger partial charge < -0.3 is 5.32 Å². The lowest BCUT2D eigenvalue weighted by molar-refractivity contribution is 0.0947. The van der Waals surface area contributed by atoms with Crippen LogP contribution in [0.1, 0.15) is 35.4 Å². The van der Waals surface area contributed by atoms with Crippen molar-refractivity contribution < 1.29 is 4.79 Å². The van der Waals surface area contributed by atoms with Gasteiger partial charge >= 0.3 is 0 Å². The van der Waals surface area contributed by atoms with Crippen LogP contribution in [0.15, 0.2) is 24.3 Å². The van der Waals surface area contributed by atoms with Crippen LogP contribution in [0.4, 0.5) is 0 Å². The SMILES string of the molecule is O=C(NNC(=S)N[C@@H]1C[C@@H]2CC[C@@H]1C2)c1sc2ccccc2c1Cl. The Morgan fingerprint density at radius 2 is 2.04 bits per heavy atom. The monoisotopic (exact) mass is 379 g/mol. The lowest BCUT2D eigenvalue weighted by Gasteiger charge is -2.24. The number of amides is 1. The van der Waals surface area contributed by atoms with Gasteiger partial charge in [-0.3, -0.25) is 15.6 Å². The second-order valence-corrected chi connectivity index (χ2v) is 8.41. The predicted molar refractivity (Wildman–Crippen MR) is 102 cm³/mol. The topological polar surface area (TPSA) is 53.2 Å². The summed E-state index contributed by atoms with van der Waals surface area (Å²) in [5.74, 6) is 1.31. The lowest BCUT2D eigenvalue weighted by Crippen LogP contribution is -2.50. The van der Waals surface area contributed by atoms with E-state index in [1.54, 1.807) is 0 Å². The molecule has 2 aromatic rings. The van der Waals surface area contributed by atoms with E-state index in [1.165, 1.54) is 37.0 Å². The van der Waals surface area contributed by atoms with Gasteiger partial charge in [-0.05, 0) is 49.4 Å². The molecule has 2 fully saturated rings. The van der Waals surface area contributed by atoms with E-state index in [4.69, 9.17) is 23.8 Å². The van der Waals surface area contributed by atoms with Crippen LogP contribution < -0.4 is 16.2 Å². The predicted octanol–water partition coefficient (Wildman–Crippen LogP) is 3.85. The van der Waals surface area contributed by atoms with Crippen LogP contribution >= 0.6 is 35.2 Å². The molecule has 4 rings (SSSR count). The number of fused-ring (bicyclic) bond motifs is 3. The number of thiocarbonyl (C=S) groups is 1. The molecule has 1 amide bonds. The molecule has 2 bridgehead atoms. The molecule has 1 heterocycles. The molecular weight excluding hydrogens is 362 g/mol.